The van der Waals surface area contributed by atoms with Crippen molar-refractivity contribution in [1.29, 1.82) is 5.26 Å². The van der Waals surface area contributed by atoms with Crippen LogP contribution < -0.4 is 9.47 Å². The zero-order chi connectivity index (χ0) is 24.2. The molecule has 0 saturated heterocycles. The molecule has 0 spiro atoms. The van der Waals surface area contributed by atoms with Crippen LogP contribution >= 0.6 is 11.3 Å². The van der Waals surface area contributed by atoms with Crippen LogP contribution in [0.5, 0.6) is 11.5 Å². The Labute approximate surface area is 200 Å². The Kier molecular flexibility index (Phi) is 7.80. The fourth-order valence-corrected chi connectivity index (χ4v) is 5.19. The molecular weight excluding hydrogens is 436 g/mol. The molecule has 0 bridgehead atoms. The summed E-state index contributed by atoms with van der Waals surface area (Å²) in [6.45, 7) is 10.2. The molecule has 1 aliphatic rings. The molecule has 0 N–H and O–H groups in total. The van der Waals surface area contributed by atoms with Crippen LogP contribution in [0.1, 0.15) is 62.6 Å². The number of hydrogen-bond donors (Lipinski definition) is 0. The number of rotatable bonds is 7. The predicted octanol–water partition coefficient (Wildman–Crippen LogP) is 5.86. The lowest BCUT2D eigenvalue weighted by atomic mass is 9.72. The van der Waals surface area contributed by atoms with E-state index in [0.29, 0.717) is 23.0 Å². The summed E-state index contributed by atoms with van der Waals surface area (Å²) >= 11 is 1.63. The number of methoxy groups -OCH3 is 1. The zero-order valence-electron chi connectivity index (χ0n) is 20.2. The summed E-state index contributed by atoms with van der Waals surface area (Å²) in [5, 5.41) is 10.5. The van der Waals surface area contributed by atoms with Gasteiger partial charge in [0, 0.05) is 11.1 Å². The van der Waals surface area contributed by atoms with Gasteiger partial charge in [-0.3, -0.25) is 0 Å². The fourth-order valence-electron chi connectivity index (χ4n) is 3.97. The average molecular weight is 469 g/mol. The maximum atomic E-state index is 11.7. The van der Waals surface area contributed by atoms with Crippen molar-refractivity contribution in [2.24, 2.45) is 16.3 Å². The topological polar surface area (TPSA) is 80.9 Å². The van der Waals surface area contributed by atoms with Crippen LogP contribution in [-0.4, -0.2) is 32.0 Å². The van der Waals surface area contributed by atoms with E-state index in [9.17, 15) is 10.1 Å². The van der Waals surface area contributed by atoms with Gasteiger partial charge in [0.25, 0.3) is 0 Å². The third-order valence-corrected chi connectivity index (χ3v) is 6.98. The quantitative estimate of drug-likeness (QED) is 0.375. The highest BCUT2D eigenvalue weighted by Crippen LogP contribution is 2.44. The van der Waals surface area contributed by atoms with Crippen LogP contribution in [0.4, 0.5) is 5.00 Å². The van der Waals surface area contributed by atoms with Gasteiger partial charge in [0.2, 0.25) is 0 Å². The largest absolute Gasteiger partial charge is 0.493 e. The second kappa shape index (κ2) is 10.4. The minimum Gasteiger partial charge on any atom is -0.493 e. The number of aliphatic imine (C=N–C) groups is 1. The molecular formula is C26H32N2O4S. The SMILES string of the molecule is COc1cc(C=Nc2sc3c(c2C#N)CC[C@@H](C(C)(C)C)C3)ccc1OCC(=O)OC(C)C. The Morgan fingerprint density at radius 3 is 2.73 bits per heavy atom. The van der Waals surface area contributed by atoms with Gasteiger partial charge in [-0.25, -0.2) is 9.79 Å². The molecule has 0 aliphatic heterocycles. The first-order valence-electron chi connectivity index (χ1n) is 11.2. The first kappa shape index (κ1) is 24.8. The van der Waals surface area contributed by atoms with Crippen molar-refractivity contribution in [3.05, 3.63) is 39.8 Å². The van der Waals surface area contributed by atoms with Gasteiger partial charge in [-0.1, -0.05) is 20.8 Å². The first-order valence-corrected chi connectivity index (χ1v) is 12.0. The molecule has 6 nitrogen and oxygen atoms in total. The third-order valence-electron chi connectivity index (χ3n) is 5.81. The molecule has 7 heteroatoms. The van der Waals surface area contributed by atoms with Crippen molar-refractivity contribution in [3.8, 4) is 17.6 Å². The van der Waals surface area contributed by atoms with E-state index in [2.05, 4.69) is 31.8 Å². The van der Waals surface area contributed by atoms with E-state index in [0.717, 1.165) is 29.8 Å². The van der Waals surface area contributed by atoms with E-state index >= 15 is 0 Å². The number of carbonyl (C=O) groups is 1. The van der Waals surface area contributed by atoms with E-state index < -0.39 is 5.97 Å². The molecule has 1 aromatic heterocycles. The molecule has 2 aromatic rings. The Bertz CT molecular complexity index is 1070. The third kappa shape index (κ3) is 6.14. The van der Waals surface area contributed by atoms with Crippen molar-refractivity contribution < 1.29 is 19.0 Å². The van der Waals surface area contributed by atoms with E-state index in [4.69, 9.17) is 14.2 Å². The summed E-state index contributed by atoms with van der Waals surface area (Å²) in [6, 6.07) is 7.74. The number of carbonyl (C=O) groups excluding carboxylic acids is 1. The molecule has 176 valence electrons. The number of benzene rings is 1. The lowest BCUT2D eigenvalue weighted by Gasteiger charge is -2.33. The minimum absolute atomic E-state index is 0.191. The van der Waals surface area contributed by atoms with Gasteiger partial charge in [0.15, 0.2) is 18.1 Å². The van der Waals surface area contributed by atoms with Gasteiger partial charge >= 0.3 is 5.97 Å². The standard InChI is InChI=1S/C26H32N2O4S/c1-16(2)32-24(29)15-31-21-10-7-17(11-22(21)30-6)14-28-25-20(13-27)19-9-8-18(26(3,4)5)12-23(19)33-25/h7,10-11,14,16,18H,8-9,12,15H2,1-6H3/t18-/m1/s1. The van der Waals surface area contributed by atoms with Crippen LogP contribution in [-0.2, 0) is 22.4 Å². The molecule has 1 aromatic carbocycles. The molecule has 33 heavy (non-hydrogen) atoms. The second-order valence-electron chi connectivity index (χ2n) is 9.60. The molecule has 0 fully saturated rings. The summed E-state index contributed by atoms with van der Waals surface area (Å²) in [5.41, 5.74) is 2.94. The summed E-state index contributed by atoms with van der Waals surface area (Å²) in [5.74, 6) is 1.13. The molecule has 1 aliphatic carbocycles. The maximum Gasteiger partial charge on any atom is 0.344 e. The normalized spacial score (nSPS) is 15.9. The maximum absolute atomic E-state index is 11.7. The van der Waals surface area contributed by atoms with Crippen LogP contribution in [0.2, 0.25) is 0 Å². The molecule has 0 radical (unpaired) electrons. The van der Waals surface area contributed by atoms with E-state index in [1.165, 1.54) is 10.4 Å². The van der Waals surface area contributed by atoms with Gasteiger partial charge in [0.1, 0.15) is 11.1 Å². The Morgan fingerprint density at radius 1 is 1.33 bits per heavy atom. The molecule has 3 rings (SSSR count). The van der Waals surface area contributed by atoms with Gasteiger partial charge < -0.3 is 14.2 Å². The average Bonchev–Trinajstić information content (AvgIpc) is 3.12. The first-order chi connectivity index (χ1) is 15.6. The summed E-state index contributed by atoms with van der Waals surface area (Å²) < 4.78 is 16.1. The van der Waals surface area contributed by atoms with Gasteiger partial charge in [-0.15, -0.1) is 11.3 Å². The van der Waals surface area contributed by atoms with Crippen LogP contribution in [0.15, 0.2) is 23.2 Å². The lowest BCUT2D eigenvalue weighted by Crippen LogP contribution is -2.26. The summed E-state index contributed by atoms with van der Waals surface area (Å²) in [7, 11) is 1.54. The van der Waals surface area contributed by atoms with Crippen molar-refractivity contribution in [2.45, 2.75) is 60.0 Å². The molecule has 1 heterocycles. The number of esters is 1. The van der Waals surface area contributed by atoms with Crippen LogP contribution in [0, 0.1) is 22.7 Å². The van der Waals surface area contributed by atoms with E-state index in [-0.39, 0.29) is 18.1 Å². The van der Waals surface area contributed by atoms with Gasteiger partial charge in [0.05, 0.1) is 18.8 Å². The monoisotopic (exact) mass is 468 g/mol. The summed E-state index contributed by atoms with van der Waals surface area (Å²) in [4.78, 5) is 17.7. The molecule has 0 saturated carbocycles. The van der Waals surface area contributed by atoms with Crippen LogP contribution in [0.3, 0.4) is 0 Å². The Balaban J connectivity index is 1.77. The predicted molar refractivity (Wildman–Crippen MR) is 131 cm³/mol. The van der Waals surface area contributed by atoms with Gasteiger partial charge in [-0.05, 0) is 73.8 Å². The highest BCUT2D eigenvalue weighted by atomic mass is 32.1. The minimum atomic E-state index is -0.433. The van der Waals surface area contributed by atoms with Crippen molar-refractivity contribution >= 4 is 28.5 Å². The molecule has 0 unspecified atom stereocenters. The highest BCUT2D eigenvalue weighted by Gasteiger charge is 2.32. The van der Waals surface area contributed by atoms with Crippen molar-refractivity contribution in [3.63, 3.8) is 0 Å². The van der Waals surface area contributed by atoms with Crippen molar-refractivity contribution in [1.82, 2.24) is 0 Å². The molecule has 1 atom stereocenters. The number of fused-ring (bicyclic) bond motifs is 1. The highest BCUT2D eigenvalue weighted by molar-refractivity contribution is 7.16. The molecule has 0 amide bonds. The Hall–Kier alpha value is -2.85. The number of thiophene rings is 1. The number of nitrogens with zero attached hydrogens (tertiary/aromatic N) is 2. The Morgan fingerprint density at radius 2 is 2.09 bits per heavy atom. The number of ether oxygens (including phenoxy) is 3. The fraction of sp³-hybridized carbons (Fsp3) is 0.500. The smallest absolute Gasteiger partial charge is 0.344 e. The summed E-state index contributed by atoms with van der Waals surface area (Å²) in [6.07, 6.45) is 4.59. The van der Waals surface area contributed by atoms with E-state index in [1.54, 1.807) is 50.6 Å². The van der Waals surface area contributed by atoms with E-state index in [1.807, 2.05) is 6.07 Å². The zero-order valence-corrected chi connectivity index (χ0v) is 21.0. The number of nitriles is 1. The van der Waals surface area contributed by atoms with Crippen molar-refractivity contribution in [2.75, 3.05) is 13.7 Å². The number of hydrogen-bond acceptors (Lipinski definition) is 7. The van der Waals surface area contributed by atoms with Crippen LogP contribution in [0.25, 0.3) is 0 Å². The van der Waals surface area contributed by atoms with Gasteiger partial charge in [-0.2, -0.15) is 5.26 Å². The second-order valence-corrected chi connectivity index (χ2v) is 10.7. The lowest BCUT2D eigenvalue weighted by molar-refractivity contribution is -0.149.